The number of nitrogens with zero attached hydrogens (tertiary/aromatic N) is 2. The van der Waals surface area contributed by atoms with E-state index >= 15 is 0 Å². The summed E-state index contributed by atoms with van der Waals surface area (Å²) in [5.41, 5.74) is 0.298. The number of hydrogen-bond donors (Lipinski definition) is 1. The second kappa shape index (κ2) is 4.23. The number of carboxylic acids is 1. The van der Waals surface area contributed by atoms with Crippen molar-refractivity contribution < 1.29 is 14.6 Å². The predicted octanol–water partition coefficient (Wildman–Crippen LogP) is 1.07. The molecule has 6 heteroatoms. The van der Waals surface area contributed by atoms with E-state index in [1.165, 1.54) is 7.11 Å². The van der Waals surface area contributed by atoms with Gasteiger partial charge in [0.1, 0.15) is 11.0 Å². The lowest BCUT2D eigenvalue weighted by atomic mass is 10.2. The van der Waals surface area contributed by atoms with Crippen molar-refractivity contribution >= 4 is 17.6 Å². The van der Waals surface area contributed by atoms with Crippen LogP contribution in [-0.2, 0) is 11.2 Å². The molecule has 1 aromatic heterocycles. The lowest BCUT2D eigenvalue weighted by molar-refractivity contribution is -0.136. The van der Waals surface area contributed by atoms with Crippen LogP contribution in [0.4, 0.5) is 0 Å². The lowest BCUT2D eigenvalue weighted by Gasteiger charge is -2.07. The fourth-order valence-electron chi connectivity index (χ4n) is 1.01. The van der Waals surface area contributed by atoms with E-state index < -0.39 is 5.97 Å². The molecule has 0 bridgehead atoms. The summed E-state index contributed by atoms with van der Waals surface area (Å²) in [4.78, 5) is 18.3. The number of methoxy groups -OCH3 is 1. The van der Waals surface area contributed by atoms with Crippen molar-refractivity contribution in [2.45, 2.75) is 13.3 Å². The van der Waals surface area contributed by atoms with Crippen molar-refractivity contribution in [3.05, 3.63) is 16.5 Å². The summed E-state index contributed by atoms with van der Waals surface area (Å²) in [5, 5.41) is 8.73. The summed E-state index contributed by atoms with van der Waals surface area (Å²) >= 11 is 5.76. The molecule has 0 saturated carbocycles. The quantitative estimate of drug-likeness (QED) is 0.766. The zero-order chi connectivity index (χ0) is 10.7. The highest BCUT2D eigenvalue weighted by Crippen LogP contribution is 2.23. The van der Waals surface area contributed by atoms with Gasteiger partial charge in [-0.2, -0.15) is 4.98 Å². The summed E-state index contributed by atoms with van der Waals surface area (Å²) in [6.07, 6.45) is -0.248. The van der Waals surface area contributed by atoms with Crippen LogP contribution in [0.1, 0.15) is 11.4 Å². The fraction of sp³-hybridized carbons (Fsp3) is 0.375. The van der Waals surface area contributed by atoms with Gasteiger partial charge in [-0.3, -0.25) is 4.79 Å². The van der Waals surface area contributed by atoms with Gasteiger partial charge in [-0.25, -0.2) is 4.98 Å². The molecule has 1 aromatic rings. The van der Waals surface area contributed by atoms with E-state index in [0.717, 1.165) is 0 Å². The first-order chi connectivity index (χ1) is 6.54. The van der Waals surface area contributed by atoms with Gasteiger partial charge >= 0.3 is 5.97 Å². The average Bonchev–Trinajstić information content (AvgIpc) is 2.08. The van der Waals surface area contributed by atoms with Gasteiger partial charge in [-0.1, -0.05) is 11.6 Å². The highest BCUT2D eigenvalue weighted by molar-refractivity contribution is 6.30. The van der Waals surface area contributed by atoms with Crippen LogP contribution in [0.25, 0.3) is 0 Å². The Morgan fingerprint density at radius 2 is 2.21 bits per heavy atom. The molecular formula is C8H9ClN2O3. The maximum atomic E-state index is 10.5. The Morgan fingerprint density at radius 1 is 1.57 bits per heavy atom. The molecule has 0 spiro atoms. The van der Waals surface area contributed by atoms with Crippen LogP contribution >= 0.6 is 11.6 Å². The molecule has 1 rings (SSSR count). The van der Waals surface area contributed by atoms with E-state index in [1.54, 1.807) is 6.92 Å². The molecule has 0 aromatic carbocycles. The molecule has 0 atom stereocenters. The van der Waals surface area contributed by atoms with Crippen molar-refractivity contribution in [1.29, 1.82) is 0 Å². The van der Waals surface area contributed by atoms with Gasteiger partial charge in [-0.15, -0.1) is 0 Å². The summed E-state index contributed by atoms with van der Waals surface area (Å²) in [6.45, 7) is 1.65. The normalized spacial score (nSPS) is 9.93. The van der Waals surface area contributed by atoms with Crippen molar-refractivity contribution in [2.75, 3.05) is 7.11 Å². The van der Waals surface area contributed by atoms with Gasteiger partial charge < -0.3 is 9.84 Å². The third kappa shape index (κ3) is 2.32. The summed E-state index contributed by atoms with van der Waals surface area (Å²) in [5.74, 6) is -0.344. The Morgan fingerprint density at radius 3 is 2.71 bits per heavy atom. The molecule has 0 saturated heterocycles. The van der Waals surface area contributed by atoms with E-state index in [9.17, 15) is 4.79 Å². The Balaban J connectivity index is 3.18. The number of carbonyl (C=O) groups is 1. The zero-order valence-electron chi connectivity index (χ0n) is 7.74. The monoisotopic (exact) mass is 216 g/mol. The maximum Gasteiger partial charge on any atom is 0.308 e. The number of halogens is 1. The van der Waals surface area contributed by atoms with Crippen LogP contribution in [0.5, 0.6) is 5.88 Å². The summed E-state index contributed by atoms with van der Waals surface area (Å²) in [6, 6.07) is 0. The largest absolute Gasteiger partial charge is 0.481 e. The number of aromatic nitrogens is 2. The van der Waals surface area contributed by atoms with E-state index in [0.29, 0.717) is 11.4 Å². The maximum absolute atomic E-state index is 10.5. The van der Waals surface area contributed by atoms with Crippen LogP contribution in [-0.4, -0.2) is 28.2 Å². The molecule has 5 nitrogen and oxygen atoms in total. The van der Waals surface area contributed by atoms with Gasteiger partial charge in [-0.05, 0) is 6.92 Å². The van der Waals surface area contributed by atoms with Crippen LogP contribution < -0.4 is 4.74 Å². The number of aliphatic carboxylic acids is 1. The van der Waals surface area contributed by atoms with E-state index in [2.05, 4.69) is 9.97 Å². The SMILES string of the molecule is COc1nc(C)nc(Cl)c1CC(=O)O. The molecule has 0 unspecified atom stereocenters. The van der Waals surface area contributed by atoms with Crippen molar-refractivity contribution in [1.82, 2.24) is 9.97 Å². The van der Waals surface area contributed by atoms with Gasteiger partial charge in [0, 0.05) is 0 Å². The van der Waals surface area contributed by atoms with E-state index in [4.69, 9.17) is 21.4 Å². The number of hydrogen-bond acceptors (Lipinski definition) is 4. The third-order valence-corrected chi connectivity index (χ3v) is 1.86. The van der Waals surface area contributed by atoms with Crippen molar-refractivity contribution in [3.8, 4) is 5.88 Å². The van der Waals surface area contributed by atoms with Crippen LogP contribution in [0.15, 0.2) is 0 Å². The Bertz CT molecular complexity index is 368. The topological polar surface area (TPSA) is 72.3 Å². The standard InChI is InChI=1S/C8H9ClN2O3/c1-4-10-7(9)5(3-6(12)13)8(11-4)14-2/h3H2,1-2H3,(H,12,13). The molecule has 0 aliphatic rings. The molecule has 76 valence electrons. The Labute approximate surface area is 85.7 Å². The summed E-state index contributed by atoms with van der Waals surface area (Å²) < 4.78 is 4.91. The number of rotatable bonds is 3. The smallest absolute Gasteiger partial charge is 0.308 e. The summed E-state index contributed by atoms with van der Waals surface area (Å²) in [7, 11) is 1.41. The minimum atomic E-state index is -1.00. The average molecular weight is 217 g/mol. The van der Waals surface area contributed by atoms with Gasteiger partial charge in [0.25, 0.3) is 0 Å². The first-order valence-corrected chi connectivity index (χ1v) is 4.21. The zero-order valence-corrected chi connectivity index (χ0v) is 8.50. The van der Waals surface area contributed by atoms with Crippen LogP contribution in [0, 0.1) is 6.92 Å². The fourth-order valence-corrected chi connectivity index (χ4v) is 1.28. The van der Waals surface area contributed by atoms with Gasteiger partial charge in [0.15, 0.2) is 0 Å². The van der Waals surface area contributed by atoms with Crippen molar-refractivity contribution in [2.24, 2.45) is 0 Å². The van der Waals surface area contributed by atoms with E-state index in [1.807, 2.05) is 0 Å². The van der Waals surface area contributed by atoms with Gasteiger partial charge in [0.2, 0.25) is 5.88 Å². The highest BCUT2D eigenvalue weighted by Gasteiger charge is 2.15. The van der Waals surface area contributed by atoms with Crippen LogP contribution in [0.3, 0.4) is 0 Å². The Hall–Kier alpha value is -1.36. The van der Waals surface area contributed by atoms with Gasteiger partial charge in [0.05, 0.1) is 19.1 Å². The Kier molecular flexibility index (Phi) is 3.24. The third-order valence-electron chi connectivity index (χ3n) is 1.55. The number of carboxylic acid groups (broad SMARTS) is 1. The molecule has 0 amide bonds. The molecule has 1 N–H and O–H groups in total. The molecular weight excluding hydrogens is 208 g/mol. The van der Waals surface area contributed by atoms with Crippen LogP contribution in [0.2, 0.25) is 5.15 Å². The second-order valence-electron chi connectivity index (χ2n) is 2.62. The minimum absolute atomic E-state index is 0.122. The molecule has 0 radical (unpaired) electrons. The predicted molar refractivity (Wildman–Crippen MR) is 49.7 cm³/mol. The molecule has 0 aliphatic heterocycles. The molecule has 0 aliphatic carbocycles. The minimum Gasteiger partial charge on any atom is -0.481 e. The highest BCUT2D eigenvalue weighted by atomic mass is 35.5. The lowest BCUT2D eigenvalue weighted by Crippen LogP contribution is -2.06. The number of aryl methyl sites for hydroxylation is 1. The number of ether oxygens (including phenoxy) is 1. The first kappa shape index (κ1) is 10.7. The second-order valence-corrected chi connectivity index (χ2v) is 2.98. The van der Waals surface area contributed by atoms with Crippen molar-refractivity contribution in [3.63, 3.8) is 0 Å². The molecule has 0 fully saturated rings. The van der Waals surface area contributed by atoms with E-state index in [-0.39, 0.29) is 17.5 Å². The molecule has 14 heavy (non-hydrogen) atoms. The molecule has 1 heterocycles. The first-order valence-electron chi connectivity index (χ1n) is 3.83.